The van der Waals surface area contributed by atoms with Gasteiger partial charge in [0.2, 0.25) is 0 Å². The van der Waals surface area contributed by atoms with Crippen molar-refractivity contribution in [3.63, 3.8) is 0 Å². The SMILES string of the molecule is CC.CNCCCC(N)C(C)=O. The monoisotopic (exact) mass is 174 g/mol. The molecule has 0 amide bonds. The van der Waals surface area contributed by atoms with Gasteiger partial charge in [0.25, 0.3) is 0 Å². The van der Waals surface area contributed by atoms with Gasteiger partial charge in [0, 0.05) is 0 Å². The van der Waals surface area contributed by atoms with Crippen LogP contribution in [0, 0.1) is 0 Å². The van der Waals surface area contributed by atoms with Crippen LogP contribution in [0.4, 0.5) is 0 Å². The average molecular weight is 174 g/mol. The van der Waals surface area contributed by atoms with Gasteiger partial charge in [0.15, 0.2) is 0 Å². The molecule has 0 rings (SSSR count). The predicted octanol–water partition coefficient (Wildman–Crippen LogP) is 0.928. The molecule has 0 bridgehead atoms. The lowest BCUT2D eigenvalue weighted by Crippen LogP contribution is -2.28. The van der Waals surface area contributed by atoms with Gasteiger partial charge in [0.1, 0.15) is 5.78 Å². The second-order valence-corrected chi connectivity index (χ2v) is 2.46. The van der Waals surface area contributed by atoms with E-state index in [9.17, 15) is 4.79 Å². The Labute approximate surface area is 75.7 Å². The number of nitrogens with one attached hydrogen (secondary N) is 1. The van der Waals surface area contributed by atoms with E-state index in [0.29, 0.717) is 0 Å². The lowest BCUT2D eigenvalue weighted by molar-refractivity contribution is -0.118. The van der Waals surface area contributed by atoms with Gasteiger partial charge < -0.3 is 11.1 Å². The molecule has 74 valence electrons. The minimum absolute atomic E-state index is 0.0797. The first-order valence-electron chi connectivity index (χ1n) is 4.59. The highest BCUT2D eigenvalue weighted by atomic mass is 16.1. The third kappa shape index (κ3) is 9.59. The molecule has 3 nitrogen and oxygen atoms in total. The van der Waals surface area contributed by atoms with Crippen molar-refractivity contribution in [2.24, 2.45) is 5.73 Å². The van der Waals surface area contributed by atoms with E-state index in [4.69, 9.17) is 5.73 Å². The number of carbonyl (C=O) groups is 1. The summed E-state index contributed by atoms with van der Waals surface area (Å²) in [4.78, 5) is 10.6. The molecule has 0 aromatic rings. The largest absolute Gasteiger partial charge is 0.322 e. The zero-order valence-corrected chi connectivity index (χ0v) is 8.68. The zero-order valence-electron chi connectivity index (χ0n) is 8.68. The first-order valence-corrected chi connectivity index (χ1v) is 4.59. The van der Waals surface area contributed by atoms with E-state index in [1.165, 1.54) is 6.92 Å². The maximum atomic E-state index is 10.6. The van der Waals surface area contributed by atoms with Crippen LogP contribution in [0.25, 0.3) is 0 Å². The first kappa shape index (κ1) is 14.1. The first-order chi connectivity index (χ1) is 5.68. The lowest BCUT2D eigenvalue weighted by atomic mass is 10.1. The number of ketones is 1. The fourth-order valence-electron chi connectivity index (χ4n) is 0.702. The van der Waals surface area contributed by atoms with E-state index in [-0.39, 0.29) is 11.8 Å². The van der Waals surface area contributed by atoms with E-state index in [0.717, 1.165) is 19.4 Å². The fraction of sp³-hybridized carbons (Fsp3) is 0.889. The summed E-state index contributed by atoms with van der Waals surface area (Å²) in [6.07, 6.45) is 1.76. The van der Waals surface area contributed by atoms with Crippen molar-refractivity contribution in [3.8, 4) is 0 Å². The summed E-state index contributed by atoms with van der Waals surface area (Å²) in [7, 11) is 1.89. The molecule has 0 radical (unpaired) electrons. The summed E-state index contributed by atoms with van der Waals surface area (Å²) in [5, 5.41) is 3.00. The van der Waals surface area contributed by atoms with Crippen molar-refractivity contribution in [3.05, 3.63) is 0 Å². The maximum Gasteiger partial charge on any atom is 0.146 e. The molecule has 1 atom stereocenters. The average Bonchev–Trinajstić information content (AvgIpc) is 2.08. The number of Topliss-reactive ketones (excluding diaryl/α,β-unsaturated/α-hetero) is 1. The van der Waals surface area contributed by atoms with E-state index < -0.39 is 0 Å². The molecule has 0 aliphatic heterocycles. The molecule has 0 spiro atoms. The minimum Gasteiger partial charge on any atom is -0.322 e. The number of carbonyl (C=O) groups excluding carboxylic acids is 1. The molecule has 0 aliphatic carbocycles. The molecule has 0 saturated carbocycles. The number of nitrogens with two attached hydrogens (primary N) is 1. The fourth-order valence-corrected chi connectivity index (χ4v) is 0.702. The van der Waals surface area contributed by atoms with E-state index in [2.05, 4.69) is 5.32 Å². The van der Waals surface area contributed by atoms with Crippen molar-refractivity contribution < 1.29 is 4.79 Å². The van der Waals surface area contributed by atoms with Gasteiger partial charge in [-0.25, -0.2) is 0 Å². The Balaban J connectivity index is 0. The van der Waals surface area contributed by atoms with Crippen LogP contribution >= 0.6 is 0 Å². The molecular weight excluding hydrogens is 152 g/mol. The van der Waals surface area contributed by atoms with Crippen LogP contribution in [0.3, 0.4) is 0 Å². The summed E-state index contributed by atoms with van der Waals surface area (Å²) in [5.74, 6) is 0.0797. The van der Waals surface area contributed by atoms with Crippen LogP contribution < -0.4 is 11.1 Å². The topological polar surface area (TPSA) is 55.1 Å². The highest BCUT2D eigenvalue weighted by molar-refractivity contribution is 5.80. The van der Waals surface area contributed by atoms with Gasteiger partial charge in [-0.15, -0.1) is 0 Å². The molecule has 0 fully saturated rings. The standard InChI is InChI=1S/C7H16N2O.C2H6/c1-6(10)7(8)4-3-5-9-2;1-2/h7,9H,3-5,8H2,1-2H3;1-2H3. The molecule has 1 unspecified atom stereocenters. The minimum atomic E-state index is -0.256. The van der Waals surface area contributed by atoms with E-state index >= 15 is 0 Å². The normalized spacial score (nSPS) is 11.4. The van der Waals surface area contributed by atoms with Crippen LogP contribution in [0.2, 0.25) is 0 Å². The Morgan fingerprint density at radius 2 is 2.00 bits per heavy atom. The van der Waals surface area contributed by atoms with Crippen LogP contribution in [0.1, 0.15) is 33.6 Å². The molecule has 12 heavy (non-hydrogen) atoms. The summed E-state index contributed by atoms with van der Waals surface area (Å²) in [6, 6.07) is -0.256. The Bertz CT molecular complexity index is 105. The van der Waals surface area contributed by atoms with Gasteiger partial charge in [0.05, 0.1) is 6.04 Å². The molecule has 0 aliphatic rings. The molecule has 3 heteroatoms. The molecule has 0 saturated heterocycles. The third-order valence-corrected chi connectivity index (χ3v) is 1.46. The van der Waals surface area contributed by atoms with Gasteiger partial charge >= 0.3 is 0 Å². The van der Waals surface area contributed by atoms with Crippen molar-refractivity contribution in [2.45, 2.75) is 39.7 Å². The molecule has 3 N–H and O–H groups in total. The number of rotatable bonds is 5. The molecular formula is C9H22N2O. The van der Waals surface area contributed by atoms with Gasteiger partial charge in [-0.3, -0.25) is 4.79 Å². The smallest absolute Gasteiger partial charge is 0.146 e. The Morgan fingerprint density at radius 3 is 2.33 bits per heavy atom. The van der Waals surface area contributed by atoms with Gasteiger partial charge in [-0.2, -0.15) is 0 Å². The van der Waals surface area contributed by atoms with Gasteiger partial charge in [-0.1, -0.05) is 13.8 Å². The summed E-state index contributed by atoms with van der Waals surface area (Å²) >= 11 is 0. The molecule has 0 heterocycles. The second-order valence-electron chi connectivity index (χ2n) is 2.46. The highest BCUT2D eigenvalue weighted by Crippen LogP contribution is 1.93. The number of hydrogen-bond acceptors (Lipinski definition) is 3. The maximum absolute atomic E-state index is 10.6. The quantitative estimate of drug-likeness (QED) is 0.610. The van der Waals surface area contributed by atoms with Crippen LogP contribution in [0.5, 0.6) is 0 Å². The van der Waals surface area contributed by atoms with Crippen molar-refractivity contribution >= 4 is 5.78 Å². The predicted molar refractivity (Wildman–Crippen MR) is 53.2 cm³/mol. The highest BCUT2D eigenvalue weighted by Gasteiger charge is 2.05. The van der Waals surface area contributed by atoms with Crippen molar-refractivity contribution in [1.29, 1.82) is 0 Å². The number of hydrogen-bond donors (Lipinski definition) is 2. The lowest BCUT2D eigenvalue weighted by Gasteiger charge is -2.05. The van der Waals surface area contributed by atoms with Crippen molar-refractivity contribution in [2.75, 3.05) is 13.6 Å². The van der Waals surface area contributed by atoms with E-state index in [1.807, 2.05) is 20.9 Å². The molecule has 0 aromatic carbocycles. The summed E-state index contributed by atoms with van der Waals surface area (Å²) in [6.45, 7) is 6.46. The Morgan fingerprint density at radius 1 is 1.50 bits per heavy atom. The zero-order chi connectivity index (χ0) is 9.98. The van der Waals surface area contributed by atoms with Gasteiger partial charge in [-0.05, 0) is 33.4 Å². The Hall–Kier alpha value is -0.410. The summed E-state index contributed by atoms with van der Waals surface area (Å²) < 4.78 is 0. The second kappa shape index (κ2) is 10.6. The third-order valence-electron chi connectivity index (χ3n) is 1.46. The van der Waals surface area contributed by atoms with Crippen LogP contribution in [-0.4, -0.2) is 25.4 Å². The Kier molecular flexibility index (Phi) is 12.5. The molecule has 0 aromatic heterocycles. The summed E-state index contributed by atoms with van der Waals surface area (Å²) in [5.41, 5.74) is 5.48. The van der Waals surface area contributed by atoms with E-state index in [1.54, 1.807) is 0 Å². The van der Waals surface area contributed by atoms with Crippen LogP contribution in [0.15, 0.2) is 0 Å². The van der Waals surface area contributed by atoms with Crippen LogP contribution in [-0.2, 0) is 4.79 Å². The van der Waals surface area contributed by atoms with Crippen molar-refractivity contribution in [1.82, 2.24) is 5.32 Å².